The highest BCUT2D eigenvalue weighted by molar-refractivity contribution is 7.90. The molecule has 0 aliphatic rings. The first-order valence-electron chi connectivity index (χ1n) is 6.46. The van der Waals surface area contributed by atoms with Crippen LogP contribution in [0.25, 0.3) is 0 Å². The molecule has 1 aromatic carbocycles. The summed E-state index contributed by atoms with van der Waals surface area (Å²) in [7, 11) is -2.96. The molecule has 0 bridgehead atoms. The van der Waals surface area contributed by atoms with Gasteiger partial charge in [-0.25, -0.2) is 13.1 Å². The zero-order valence-electron chi connectivity index (χ0n) is 12.0. The molecule has 108 valence electrons. The molecule has 0 saturated carbocycles. The van der Waals surface area contributed by atoms with E-state index in [0.29, 0.717) is 18.7 Å². The zero-order valence-corrected chi connectivity index (χ0v) is 12.8. The van der Waals surface area contributed by atoms with Gasteiger partial charge in [0.1, 0.15) is 9.84 Å². The first kappa shape index (κ1) is 14.7. The van der Waals surface area contributed by atoms with Gasteiger partial charge in [0.15, 0.2) is 0 Å². The van der Waals surface area contributed by atoms with Gasteiger partial charge in [0.25, 0.3) is 0 Å². The summed E-state index contributed by atoms with van der Waals surface area (Å²) >= 11 is 0. The highest BCUT2D eigenvalue weighted by Gasteiger charge is 2.07. The summed E-state index contributed by atoms with van der Waals surface area (Å²) in [6, 6.07) is 6.30. The van der Waals surface area contributed by atoms with E-state index in [4.69, 9.17) is 0 Å². The molecule has 0 fully saturated rings. The molecule has 20 heavy (non-hydrogen) atoms. The maximum Gasteiger partial charge on any atom is 0.147 e. The van der Waals surface area contributed by atoms with Crippen molar-refractivity contribution in [3.8, 4) is 0 Å². The lowest BCUT2D eigenvalue weighted by Crippen LogP contribution is -2.06. The van der Waals surface area contributed by atoms with Crippen LogP contribution in [0.3, 0.4) is 0 Å². The Morgan fingerprint density at radius 1 is 1.25 bits per heavy atom. The zero-order chi connectivity index (χ0) is 14.8. The Morgan fingerprint density at radius 3 is 2.70 bits per heavy atom. The van der Waals surface area contributed by atoms with Gasteiger partial charge in [0.2, 0.25) is 0 Å². The Hall–Kier alpha value is -1.69. The molecule has 0 radical (unpaired) electrons. The second kappa shape index (κ2) is 5.75. The highest BCUT2D eigenvalue weighted by atomic mass is 32.2. The maximum atomic E-state index is 11.1. The lowest BCUT2D eigenvalue weighted by Gasteiger charge is -2.06. The number of nitrogens with zero attached hydrogens (tertiary/aromatic N) is 3. The predicted octanol–water partition coefficient (Wildman–Crippen LogP) is 1.53. The SMILES string of the molecule is Cc1ccc(C)c(Cn2cc(CCS(C)(=O)=O)nn2)c1. The van der Waals surface area contributed by atoms with Crippen LogP contribution >= 0.6 is 0 Å². The molecule has 0 aliphatic carbocycles. The minimum absolute atomic E-state index is 0.106. The summed E-state index contributed by atoms with van der Waals surface area (Å²) in [4.78, 5) is 0. The highest BCUT2D eigenvalue weighted by Crippen LogP contribution is 2.12. The normalized spacial score (nSPS) is 11.8. The van der Waals surface area contributed by atoms with E-state index in [9.17, 15) is 8.42 Å². The van der Waals surface area contributed by atoms with Gasteiger partial charge in [0.05, 0.1) is 18.0 Å². The van der Waals surface area contributed by atoms with Gasteiger partial charge in [0, 0.05) is 18.9 Å². The van der Waals surface area contributed by atoms with Crippen LogP contribution in [-0.2, 0) is 22.8 Å². The van der Waals surface area contributed by atoms with E-state index in [2.05, 4.69) is 42.4 Å². The molecular formula is C14H19N3O2S. The van der Waals surface area contributed by atoms with E-state index in [1.165, 1.54) is 22.9 Å². The van der Waals surface area contributed by atoms with E-state index in [-0.39, 0.29) is 5.75 Å². The van der Waals surface area contributed by atoms with Crippen LogP contribution in [0.1, 0.15) is 22.4 Å². The van der Waals surface area contributed by atoms with Crippen LogP contribution in [-0.4, -0.2) is 35.4 Å². The molecule has 5 nitrogen and oxygen atoms in total. The summed E-state index contributed by atoms with van der Waals surface area (Å²) in [5.74, 6) is 0.106. The van der Waals surface area contributed by atoms with Crippen molar-refractivity contribution in [2.75, 3.05) is 12.0 Å². The second-order valence-corrected chi connectivity index (χ2v) is 7.48. The quantitative estimate of drug-likeness (QED) is 0.838. The smallest absolute Gasteiger partial charge is 0.147 e. The molecule has 0 atom stereocenters. The fraction of sp³-hybridized carbons (Fsp3) is 0.429. The average Bonchev–Trinajstić information content (AvgIpc) is 2.78. The molecule has 0 N–H and O–H groups in total. The van der Waals surface area contributed by atoms with Gasteiger partial charge in [-0.05, 0) is 25.0 Å². The molecule has 0 saturated heterocycles. The number of hydrogen-bond acceptors (Lipinski definition) is 4. The molecule has 2 rings (SSSR count). The summed E-state index contributed by atoms with van der Waals surface area (Å²) in [5.41, 5.74) is 4.33. The summed E-state index contributed by atoms with van der Waals surface area (Å²) in [5, 5.41) is 8.07. The Kier molecular flexibility index (Phi) is 4.23. The maximum absolute atomic E-state index is 11.1. The van der Waals surface area contributed by atoms with Crippen LogP contribution in [0.2, 0.25) is 0 Å². The number of rotatable bonds is 5. The van der Waals surface area contributed by atoms with Gasteiger partial charge in [-0.1, -0.05) is 29.0 Å². The van der Waals surface area contributed by atoms with Gasteiger partial charge in [-0.15, -0.1) is 5.10 Å². The molecule has 0 amide bonds. The van der Waals surface area contributed by atoms with Crippen molar-refractivity contribution in [2.45, 2.75) is 26.8 Å². The monoisotopic (exact) mass is 293 g/mol. The number of aromatic nitrogens is 3. The number of sulfone groups is 1. The standard InChI is InChI=1S/C14H19N3O2S/c1-11-4-5-12(2)13(8-11)9-17-10-14(15-16-17)6-7-20(3,18)19/h4-5,8,10H,6-7,9H2,1-3H3. The van der Waals surface area contributed by atoms with E-state index < -0.39 is 9.84 Å². The van der Waals surface area contributed by atoms with Crippen molar-refractivity contribution < 1.29 is 8.42 Å². The minimum atomic E-state index is -2.96. The van der Waals surface area contributed by atoms with Gasteiger partial charge in [-0.3, -0.25) is 0 Å². The molecule has 6 heteroatoms. The number of hydrogen-bond donors (Lipinski definition) is 0. The van der Waals surface area contributed by atoms with Crippen LogP contribution in [0, 0.1) is 13.8 Å². The lowest BCUT2D eigenvalue weighted by atomic mass is 10.1. The number of benzene rings is 1. The topological polar surface area (TPSA) is 64.8 Å². The minimum Gasteiger partial charge on any atom is -0.248 e. The van der Waals surface area contributed by atoms with E-state index in [1.54, 1.807) is 4.68 Å². The summed E-state index contributed by atoms with van der Waals surface area (Å²) < 4.78 is 24.0. The van der Waals surface area contributed by atoms with Gasteiger partial charge < -0.3 is 0 Å². The van der Waals surface area contributed by atoms with Crippen molar-refractivity contribution in [3.05, 3.63) is 46.8 Å². The Morgan fingerprint density at radius 2 is 2.00 bits per heavy atom. The molecule has 2 aromatic rings. The first-order valence-corrected chi connectivity index (χ1v) is 8.52. The van der Waals surface area contributed by atoms with Gasteiger partial charge in [-0.2, -0.15) is 0 Å². The lowest BCUT2D eigenvalue weighted by molar-refractivity contribution is 0.600. The van der Waals surface area contributed by atoms with Crippen molar-refractivity contribution in [1.82, 2.24) is 15.0 Å². The molecule has 0 unspecified atom stereocenters. The molecule has 1 heterocycles. The largest absolute Gasteiger partial charge is 0.248 e. The molecule has 0 spiro atoms. The summed E-state index contributed by atoms with van der Waals surface area (Å²) in [6.07, 6.45) is 3.45. The Labute approximate surface area is 119 Å². The third-order valence-corrected chi connectivity index (χ3v) is 4.10. The molecule has 0 aliphatic heterocycles. The van der Waals surface area contributed by atoms with Crippen LogP contribution < -0.4 is 0 Å². The number of aryl methyl sites for hydroxylation is 3. The fourth-order valence-corrected chi connectivity index (χ4v) is 2.55. The van der Waals surface area contributed by atoms with E-state index >= 15 is 0 Å². The summed E-state index contributed by atoms with van der Waals surface area (Å²) in [6.45, 7) is 4.78. The van der Waals surface area contributed by atoms with E-state index in [0.717, 1.165) is 0 Å². The van der Waals surface area contributed by atoms with Crippen LogP contribution in [0.5, 0.6) is 0 Å². The molecule has 1 aromatic heterocycles. The average molecular weight is 293 g/mol. The van der Waals surface area contributed by atoms with Crippen LogP contribution in [0.15, 0.2) is 24.4 Å². The van der Waals surface area contributed by atoms with Crippen molar-refractivity contribution >= 4 is 9.84 Å². The first-order chi connectivity index (χ1) is 9.33. The molecular weight excluding hydrogens is 274 g/mol. The predicted molar refractivity (Wildman–Crippen MR) is 78.5 cm³/mol. The van der Waals surface area contributed by atoms with Crippen LogP contribution in [0.4, 0.5) is 0 Å². The Balaban J connectivity index is 2.08. The third kappa shape index (κ3) is 4.16. The van der Waals surface area contributed by atoms with Gasteiger partial charge >= 0.3 is 0 Å². The van der Waals surface area contributed by atoms with Crippen molar-refractivity contribution in [2.24, 2.45) is 0 Å². The van der Waals surface area contributed by atoms with E-state index in [1.807, 2.05) is 6.20 Å². The van der Waals surface area contributed by atoms with Crippen molar-refractivity contribution in [1.29, 1.82) is 0 Å². The third-order valence-electron chi connectivity index (χ3n) is 3.15. The second-order valence-electron chi connectivity index (χ2n) is 5.22. The Bertz CT molecular complexity index is 705. The fourth-order valence-electron chi connectivity index (χ4n) is 1.97. The van der Waals surface area contributed by atoms with Crippen molar-refractivity contribution in [3.63, 3.8) is 0 Å².